The van der Waals surface area contributed by atoms with Gasteiger partial charge in [0.1, 0.15) is 5.82 Å². The average molecular weight is 219 g/mol. The third-order valence-corrected chi connectivity index (χ3v) is 3.20. The Morgan fingerprint density at radius 2 is 2.13 bits per heavy atom. The van der Waals surface area contributed by atoms with Gasteiger partial charge in [0.25, 0.3) is 0 Å². The van der Waals surface area contributed by atoms with Crippen LogP contribution in [0.25, 0.3) is 11.3 Å². The summed E-state index contributed by atoms with van der Waals surface area (Å²) in [6.45, 7) is 2.11. The van der Waals surface area contributed by atoms with Crippen molar-refractivity contribution in [3.63, 3.8) is 0 Å². The average Bonchev–Trinajstić information content (AvgIpc) is 2.65. The molecule has 0 atom stereocenters. The number of benzene rings is 1. The first-order valence-electron chi connectivity index (χ1n) is 4.66. The summed E-state index contributed by atoms with van der Waals surface area (Å²) >= 11 is 1.75. The topological polar surface area (TPSA) is 54.7 Å². The highest BCUT2D eigenvalue weighted by Gasteiger charge is 2.03. The predicted molar refractivity (Wildman–Crippen MR) is 65.0 cm³/mol. The van der Waals surface area contributed by atoms with E-state index >= 15 is 0 Å². The number of rotatable bonds is 2. The minimum atomic E-state index is 0.525. The Labute approximate surface area is 93.1 Å². The van der Waals surface area contributed by atoms with Crippen molar-refractivity contribution in [2.75, 3.05) is 12.0 Å². The fourth-order valence-electron chi connectivity index (χ4n) is 1.53. The van der Waals surface area contributed by atoms with E-state index in [0.29, 0.717) is 5.82 Å². The van der Waals surface area contributed by atoms with Crippen LogP contribution in [0.2, 0.25) is 0 Å². The molecule has 78 valence electrons. The van der Waals surface area contributed by atoms with Gasteiger partial charge in [-0.15, -0.1) is 11.8 Å². The van der Waals surface area contributed by atoms with E-state index in [1.54, 1.807) is 11.8 Å². The molecular formula is C11H13N3S. The smallest absolute Gasteiger partial charge is 0.145 e. The van der Waals surface area contributed by atoms with Gasteiger partial charge >= 0.3 is 0 Å². The van der Waals surface area contributed by atoms with Gasteiger partial charge in [-0.25, -0.2) is 0 Å². The molecule has 0 saturated heterocycles. The number of nitrogens with one attached hydrogen (secondary N) is 1. The summed E-state index contributed by atoms with van der Waals surface area (Å²) in [5.74, 6) is 0.525. The number of H-pyrrole nitrogens is 1. The van der Waals surface area contributed by atoms with Gasteiger partial charge in [0, 0.05) is 11.0 Å². The zero-order valence-electron chi connectivity index (χ0n) is 8.74. The maximum absolute atomic E-state index is 5.56. The number of nitrogen functional groups attached to an aromatic ring is 1. The standard InChI is InChI=1S/C11H13N3S/c1-7-5-8(3-4-10(7)15-2)9-6-11(12)14-13-9/h3-6H,1-2H3,(H3,12,13,14). The van der Waals surface area contributed by atoms with Crippen molar-refractivity contribution in [3.05, 3.63) is 29.8 Å². The molecule has 0 fully saturated rings. The molecule has 2 rings (SSSR count). The van der Waals surface area contributed by atoms with Gasteiger partial charge in [-0.2, -0.15) is 5.10 Å². The van der Waals surface area contributed by atoms with E-state index in [4.69, 9.17) is 5.73 Å². The Bertz CT molecular complexity index is 476. The lowest BCUT2D eigenvalue weighted by Crippen LogP contribution is -1.82. The van der Waals surface area contributed by atoms with Gasteiger partial charge in [-0.3, -0.25) is 5.10 Å². The minimum Gasteiger partial charge on any atom is -0.382 e. The van der Waals surface area contributed by atoms with E-state index in [0.717, 1.165) is 11.3 Å². The highest BCUT2D eigenvalue weighted by molar-refractivity contribution is 7.98. The SMILES string of the molecule is CSc1ccc(-c2cc(N)n[nH]2)cc1C. The van der Waals surface area contributed by atoms with Crippen LogP contribution in [0.3, 0.4) is 0 Å². The van der Waals surface area contributed by atoms with Crippen molar-refractivity contribution in [2.24, 2.45) is 0 Å². The number of aromatic amines is 1. The second-order valence-corrected chi connectivity index (χ2v) is 4.24. The Morgan fingerprint density at radius 3 is 2.67 bits per heavy atom. The molecule has 0 bridgehead atoms. The van der Waals surface area contributed by atoms with Gasteiger partial charge in [0.05, 0.1) is 5.69 Å². The van der Waals surface area contributed by atoms with Crippen molar-refractivity contribution in [1.82, 2.24) is 10.2 Å². The van der Waals surface area contributed by atoms with Crippen LogP contribution in [0.4, 0.5) is 5.82 Å². The van der Waals surface area contributed by atoms with E-state index in [2.05, 4.69) is 41.6 Å². The third-order valence-electron chi connectivity index (χ3n) is 2.30. The number of aromatic nitrogens is 2. The van der Waals surface area contributed by atoms with Crippen molar-refractivity contribution in [2.45, 2.75) is 11.8 Å². The lowest BCUT2D eigenvalue weighted by molar-refractivity contribution is 1.10. The zero-order valence-corrected chi connectivity index (χ0v) is 9.56. The number of hydrogen-bond acceptors (Lipinski definition) is 3. The molecule has 2 aromatic rings. The van der Waals surface area contributed by atoms with E-state index in [1.807, 2.05) is 6.07 Å². The van der Waals surface area contributed by atoms with Gasteiger partial charge in [0.2, 0.25) is 0 Å². The highest BCUT2D eigenvalue weighted by Crippen LogP contribution is 2.26. The molecule has 0 aliphatic heterocycles. The summed E-state index contributed by atoms with van der Waals surface area (Å²) in [5.41, 5.74) is 8.92. The molecule has 15 heavy (non-hydrogen) atoms. The number of nitrogens with two attached hydrogens (primary N) is 1. The minimum absolute atomic E-state index is 0.525. The Morgan fingerprint density at radius 1 is 1.33 bits per heavy atom. The number of hydrogen-bond donors (Lipinski definition) is 2. The number of aryl methyl sites for hydroxylation is 1. The first-order valence-corrected chi connectivity index (χ1v) is 5.89. The van der Waals surface area contributed by atoms with Crippen LogP contribution < -0.4 is 5.73 Å². The largest absolute Gasteiger partial charge is 0.382 e. The molecule has 0 spiro atoms. The Hall–Kier alpha value is -1.42. The molecule has 0 amide bonds. The van der Waals surface area contributed by atoms with Crippen molar-refractivity contribution >= 4 is 17.6 Å². The molecular weight excluding hydrogens is 206 g/mol. The van der Waals surface area contributed by atoms with Crippen molar-refractivity contribution < 1.29 is 0 Å². The summed E-state index contributed by atoms with van der Waals surface area (Å²) in [7, 11) is 0. The van der Waals surface area contributed by atoms with E-state index in [-0.39, 0.29) is 0 Å². The molecule has 3 nitrogen and oxygen atoms in total. The molecule has 4 heteroatoms. The normalized spacial score (nSPS) is 10.5. The first-order chi connectivity index (χ1) is 7.20. The van der Waals surface area contributed by atoms with Crippen LogP contribution in [0.1, 0.15) is 5.56 Å². The van der Waals surface area contributed by atoms with Gasteiger partial charge in [-0.05, 0) is 36.4 Å². The second kappa shape index (κ2) is 3.98. The van der Waals surface area contributed by atoms with Crippen LogP contribution in [-0.4, -0.2) is 16.5 Å². The monoisotopic (exact) mass is 219 g/mol. The van der Waals surface area contributed by atoms with E-state index in [9.17, 15) is 0 Å². The summed E-state index contributed by atoms with van der Waals surface area (Å²) in [6.07, 6.45) is 2.08. The molecule has 0 saturated carbocycles. The number of nitrogens with zero attached hydrogens (tertiary/aromatic N) is 1. The summed E-state index contributed by atoms with van der Waals surface area (Å²) < 4.78 is 0. The third kappa shape index (κ3) is 1.99. The Balaban J connectivity index is 2.42. The summed E-state index contributed by atoms with van der Waals surface area (Å²) in [4.78, 5) is 1.30. The van der Waals surface area contributed by atoms with Crippen LogP contribution in [0.15, 0.2) is 29.2 Å². The van der Waals surface area contributed by atoms with Gasteiger partial charge in [-0.1, -0.05) is 6.07 Å². The quantitative estimate of drug-likeness (QED) is 0.763. The molecule has 0 aliphatic rings. The van der Waals surface area contributed by atoms with Gasteiger partial charge in [0.15, 0.2) is 0 Å². The molecule has 1 aromatic heterocycles. The maximum Gasteiger partial charge on any atom is 0.145 e. The molecule has 1 aromatic carbocycles. The zero-order chi connectivity index (χ0) is 10.8. The number of anilines is 1. The molecule has 0 radical (unpaired) electrons. The molecule has 1 heterocycles. The summed E-state index contributed by atoms with van der Waals surface area (Å²) in [6, 6.07) is 8.17. The van der Waals surface area contributed by atoms with Crippen LogP contribution >= 0.6 is 11.8 Å². The van der Waals surface area contributed by atoms with E-state index < -0.39 is 0 Å². The fourth-order valence-corrected chi connectivity index (χ4v) is 2.12. The van der Waals surface area contributed by atoms with Gasteiger partial charge < -0.3 is 5.73 Å². The Kier molecular flexibility index (Phi) is 2.68. The number of thioether (sulfide) groups is 1. The van der Waals surface area contributed by atoms with Crippen LogP contribution in [-0.2, 0) is 0 Å². The first kappa shape index (κ1) is 10.1. The van der Waals surface area contributed by atoms with Crippen molar-refractivity contribution in [3.8, 4) is 11.3 Å². The lowest BCUT2D eigenvalue weighted by atomic mass is 10.1. The molecule has 3 N–H and O–H groups in total. The fraction of sp³-hybridized carbons (Fsp3) is 0.182. The van der Waals surface area contributed by atoms with E-state index in [1.165, 1.54) is 10.5 Å². The maximum atomic E-state index is 5.56. The molecule has 0 unspecified atom stereocenters. The van der Waals surface area contributed by atoms with Crippen LogP contribution in [0, 0.1) is 6.92 Å². The van der Waals surface area contributed by atoms with Crippen molar-refractivity contribution in [1.29, 1.82) is 0 Å². The summed E-state index contributed by atoms with van der Waals surface area (Å²) in [5, 5.41) is 6.82. The van der Waals surface area contributed by atoms with Crippen LogP contribution in [0.5, 0.6) is 0 Å². The predicted octanol–water partition coefficient (Wildman–Crippen LogP) is 2.69. The lowest BCUT2D eigenvalue weighted by Gasteiger charge is -2.04. The highest BCUT2D eigenvalue weighted by atomic mass is 32.2. The molecule has 0 aliphatic carbocycles. The second-order valence-electron chi connectivity index (χ2n) is 3.39.